The minimum absolute atomic E-state index is 0.226. The van der Waals surface area contributed by atoms with Crippen molar-refractivity contribution in [1.29, 1.82) is 0 Å². The van der Waals surface area contributed by atoms with Crippen molar-refractivity contribution in [2.45, 2.75) is 38.2 Å². The summed E-state index contributed by atoms with van der Waals surface area (Å²) >= 11 is 0. The zero-order valence-electron chi connectivity index (χ0n) is 11.6. The van der Waals surface area contributed by atoms with Gasteiger partial charge in [0.25, 0.3) is 0 Å². The summed E-state index contributed by atoms with van der Waals surface area (Å²) < 4.78 is 61.9. The molecule has 0 aliphatic rings. The summed E-state index contributed by atoms with van der Waals surface area (Å²) in [4.78, 5) is 21.6. The molecule has 21 heavy (non-hydrogen) atoms. The first-order valence-corrected chi connectivity index (χ1v) is 7.36. The van der Waals surface area contributed by atoms with Gasteiger partial charge in [-0.25, -0.2) is 8.42 Å². The topological polar surface area (TPSA) is 104 Å². The second kappa shape index (κ2) is 7.07. The number of carbonyl (C=O) groups excluding carboxylic acids is 1. The lowest BCUT2D eigenvalue weighted by atomic mass is 10.3. The zero-order chi connectivity index (χ0) is 17.0. The molecule has 0 aromatic rings. The monoisotopic (exact) mass is 334 g/mol. The average Bonchev–Trinajstić information content (AvgIpc) is 2.30. The van der Waals surface area contributed by atoms with Crippen molar-refractivity contribution < 1.29 is 36.3 Å². The predicted octanol–water partition coefficient (Wildman–Crippen LogP) is 0.178. The van der Waals surface area contributed by atoms with E-state index in [-0.39, 0.29) is 10.8 Å². The fourth-order valence-electron chi connectivity index (χ4n) is 1.38. The highest BCUT2D eigenvalue weighted by Crippen LogP contribution is 2.28. The molecule has 7 nitrogen and oxygen atoms in total. The molecule has 0 fully saturated rings. The number of carboxylic acid groups (broad SMARTS) is 1. The zero-order valence-corrected chi connectivity index (χ0v) is 12.5. The first-order valence-electron chi connectivity index (χ1n) is 5.86. The first kappa shape index (κ1) is 19.6. The largest absolute Gasteiger partial charge is 0.480 e. The molecule has 2 N–H and O–H groups in total. The van der Waals surface area contributed by atoms with Gasteiger partial charge in [0.15, 0.2) is 5.25 Å². The Bertz CT molecular complexity index is 491. The number of halogens is 3. The van der Waals surface area contributed by atoms with Gasteiger partial charge in [-0.15, -0.1) is 0 Å². The van der Waals surface area contributed by atoms with Crippen molar-refractivity contribution in [2.24, 2.45) is 0 Å². The van der Waals surface area contributed by atoms with E-state index in [1.165, 1.54) is 0 Å². The van der Waals surface area contributed by atoms with Crippen LogP contribution in [0.25, 0.3) is 0 Å². The van der Waals surface area contributed by atoms with Gasteiger partial charge < -0.3 is 10.4 Å². The van der Waals surface area contributed by atoms with Crippen molar-refractivity contribution in [3.8, 4) is 0 Å². The van der Waals surface area contributed by atoms with E-state index in [0.29, 0.717) is 6.92 Å². The molecule has 0 aliphatic heterocycles. The second-order valence-electron chi connectivity index (χ2n) is 4.34. The number of hydrogen-bond donors (Lipinski definition) is 2. The number of rotatable bonds is 7. The van der Waals surface area contributed by atoms with Crippen LogP contribution >= 0.6 is 0 Å². The van der Waals surface area contributed by atoms with Crippen molar-refractivity contribution in [1.82, 2.24) is 9.62 Å². The molecule has 0 aromatic carbocycles. The maximum atomic E-state index is 12.6. The van der Waals surface area contributed by atoms with Crippen LogP contribution in [0.5, 0.6) is 0 Å². The smallest absolute Gasteiger partial charge is 0.406 e. The highest BCUT2D eigenvalue weighted by Gasteiger charge is 2.49. The van der Waals surface area contributed by atoms with Gasteiger partial charge in [0, 0.05) is 20.0 Å². The fourth-order valence-corrected chi connectivity index (χ4v) is 3.00. The van der Waals surface area contributed by atoms with Crippen molar-refractivity contribution >= 4 is 21.9 Å². The molecule has 2 atom stereocenters. The van der Waals surface area contributed by atoms with Crippen LogP contribution in [0, 0.1) is 0 Å². The number of amides is 1. The fraction of sp³-hybridized carbons (Fsp3) is 0.800. The highest BCUT2D eigenvalue weighted by atomic mass is 32.2. The normalized spacial score (nSPS) is 15.6. The molecule has 0 saturated heterocycles. The lowest BCUT2D eigenvalue weighted by Crippen LogP contribution is -2.52. The van der Waals surface area contributed by atoms with Gasteiger partial charge in [-0.3, -0.25) is 9.59 Å². The second-order valence-corrected chi connectivity index (χ2v) is 6.54. The average molecular weight is 334 g/mol. The van der Waals surface area contributed by atoms with Crippen LogP contribution in [-0.2, 0) is 19.6 Å². The summed E-state index contributed by atoms with van der Waals surface area (Å²) in [7, 11) is -4.92. The number of hydrogen-bond acceptors (Lipinski definition) is 4. The first-order chi connectivity index (χ1) is 9.31. The lowest BCUT2D eigenvalue weighted by Gasteiger charge is -2.29. The van der Waals surface area contributed by atoms with Gasteiger partial charge in [0.2, 0.25) is 15.9 Å². The summed E-state index contributed by atoms with van der Waals surface area (Å²) in [6.45, 7) is 1.66. The SMILES string of the molecule is CC(=O)NCCN(C(C)C(=O)O)S(=O)(=O)C(C)C(F)(F)F. The lowest BCUT2D eigenvalue weighted by molar-refractivity contribution is -0.141. The molecule has 11 heteroatoms. The van der Waals surface area contributed by atoms with Crippen LogP contribution in [0.2, 0.25) is 0 Å². The molecule has 0 rings (SSSR count). The maximum Gasteiger partial charge on any atom is 0.406 e. The summed E-state index contributed by atoms with van der Waals surface area (Å²) in [5.41, 5.74) is 0. The van der Waals surface area contributed by atoms with Crippen molar-refractivity contribution in [3.63, 3.8) is 0 Å². The van der Waals surface area contributed by atoms with E-state index < -0.39 is 45.9 Å². The van der Waals surface area contributed by atoms with Crippen LogP contribution in [0.15, 0.2) is 0 Å². The number of aliphatic carboxylic acids is 1. The van der Waals surface area contributed by atoms with Gasteiger partial charge in [-0.2, -0.15) is 17.5 Å². The number of nitrogens with one attached hydrogen (secondary N) is 1. The molecule has 124 valence electrons. The van der Waals surface area contributed by atoms with E-state index in [0.717, 1.165) is 13.8 Å². The van der Waals surface area contributed by atoms with Crippen molar-refractivity contribution in [3.05, 3.63) is 0 Å². The van der Waals surface area contributed by atoms with Gasteiger partial charge in [0.1, 0.15) is 6.04 Å². The number of alkyl halides is 3. The Morgan fingerprint density at radius 2 is 1.76 bits per heavy atom. The predicted molar refractivity (Wildman–Crippen MR) is 66.9 cm³/mol. The molecular weight excluding hydrogens is 317 g/mol. The van der Waals surface area contributed by atoms with Crippen LogP contribution in [-0.4, -0.2) is 60.3 Å². The summed E-state index contributed by atoms with van der Waals surface area (Å²) in [6, 6.07) is -1.69. The summed E-state index contributed by atoms with van der Waals surface area (Å²) in [5.74, 6) is -2.10. The Labute approximate surface area is 120 Å². The quantitative estimate of drug-likeness (QED) is 0.691. The standard InChI is InChI=1S/C10H17F3N2O5S/c1-6(9(17)18)15(5-4-14-8(3)16)21(19,20)7(2)10(11,12)13/h6-7H,4-5H2,1-3H3,(H,14,16)(H,17,18). The van der Waals surface area contributed by atoms with Gasteiger partial charge in [0.05, 0.1) is 0 Å². The summed E-state index contributed by atoms with van der Waals surface area (Å²) in [6.07, 6.45) is -5.02. The maximum absolute atomic E-state index is 12.6. The van der Waals surface area contributed by atoms with Crippen LogP contribution in [0.3, 0.4) is 0 Å². The number of carboxylic acids is 1. The molecule has 0 bridgehead atoms. The molecule has 0 aliphatic carbocycles. The van der Waals surface area contributed by atoms with E-state index in [1.807, 2.05) is 0 Å². The Balaban J connectivity index is 5.37. The number of carbonyl (C=O) groups is 2. The molecule has 0 heterocycles. The van der Waals surface area contributed by atoms with Gasteiger partial charge in [-0.05, 0) is 13.8 Å². The number of sulfonamides is 1. The summed E-state index contributed by atoms with van der Waals surface area (Å²) in [5, 5.41) is 8.29. The Hall–Kier alpha value is -1.36. The Kier molecular flexibility index (Phi) is 6.61. The van der Waals surface area contributed by atoms with Gasteiger partial charge in [-0.1, -0.05) is 0 Å². The van der Waals surface area contributed by atoms with E-state index in [1.54, 1.807) is 0 Å². The molecule has 1 amide bonds. The molecule has 0 saturated carbocycles. The van der Waals surface area contributed by atoms with E-state index in [9.17, 15) is 31.2 Å². The molecule has 0 radical (unpaired) electrons. The molecule has 2 unspecified atom stereocenters. The third-order valence-corrected chi connectivity index (χ3v) is 5.04. The van der Waals surface area contributed by atoms with Crippen LogP contribution < -0.4 is 5.32 Å². The van der Waals surface area contributed by atoms with E-state index in [2.05, 4.69) is 5.32 Å². The van der Waals surface area contributed by atoms with Gasteiger partial charge >= 0.3 is 12.1 Å². The third-order valence-electron chi connectivity index (χ3n) is 2.73. The number of nitrogens with zero attached hydrogens (tertiary/aromatic N) is 1. The third kappa shape index (κ3) is 5.50. The van der Waals surface area contributed by atoms with E-state index in [4.69, 9.17) is 5.11 Å². The molecule has 0 spiro atoms. The molecule has 0 aromatic heterocycles. The minimum Gasteiger partial charge on any atom is -0.480 e. The van der Waals surface area contributed by atoms with E-state index >= 15 is 0 Å². The van der Waals surface area contributed by atoms with Crippen LogP contribution in [0.4, 0.5) is 13.2 Å². The molecular formula is C10H17F3N2O5S. The Morgan fingerprint density at radius 3 is 2.10 bits per heavy atom. The Morgan fingerprint density at radius 1 is 1.29 bits per heavy atom. The minimum atomic E-state index is -5.02. The van der Waals surface area contributed by atoms with Crippen molar-refractivity contribution in [2.75, 3.05) is 13.1 Å². The van der Waals surface area contributed by atoms with Crippen LogP contribution in [0.1, 0.15) is 20.8 Å². The highest BCUT2D eigenvalue weighted by molar-refractivity contribution is 7.89.